The third kappa shape index (κ3) is 5.05. The van der Waals surface area contributed by atoms with E-state index in [9.17, 15) is 14.4 Å². The van der Waals surface area contributed by atoms with E-state index >= 15 is 0 Å². The molecule has 0 aliphatic carbocycles. The number of halogens is 3. The summed E-state index contributed by atoms with van der Waals surface area (Å²) in [6, 6.07) is 21.2. The van der Waals surface area contributed by atoms with Crippen molar-refractivity contribution in [3.05, 3.63) is 110 Å². The highest BCUT2D eigenvalue weighted by atomic mass is 79.9. The molecule has 0 spiro atoms. The summed E-state index contributed by atoms with van der Waals surface area (Å²) in [5.74, 6) is -1.29. The fourth-order valence-corrected chi connectivity index (χ4v) is 5.06. The standard InChI is InChI=1S/C29H19BrCl2N2O4/c1-16-11-20(9-10-23(16)30)34-28(36)22(27(35)33-29(34)37)12-17-13-24(31)26(25(32)14-17)38-15-19-7-4-6-18-5-2-3-8-21(18)19/h2-14H,15H2,1H3,(H,33,35,37)/b22-12+. The fourth-order valence-electron chi connectivity index (χ4n) is 4.20. The van der Waals surface area contributed by atoms with Gasteiger partial charge in [0.2, 0.25) is 0 Å². The number of ether oxygens (including phenoxy) is 1. The van der Waals surface area contributed by atoms with Crippen LogP contribution in [0.15, 0.2) is 82.8 Å². The van der Waals surface area contributed by atoms with E-state index in [4.69, 9.17) is 27.9 Å². The first-order chi connectivity index (χ1) is 18.2. The Labute approximate surface area is 236 Å². The highest BCUT2D eigenvalue weighted by Crippen LogP contribution is 2.36. The molecule has 1 heterocycles. The number of hydrogen-bond donors (Lipinski definition) is 1. The molecule has 190 valence electrons. The number of benzene rings is 4. The third-order valence-corrected chi connectivity index (χ3v) is 7.54. The monoisotopic (exact) mass is 608 g/mol. The summed E-state index contributed by atoms with van der Waals surface area (Å²) in [6.07, 6.45) is 1.34. The number of barbiturate groups is 1. The molecule has 0 bridgehead atoms. The van der Waals surface area contributed by atoms with Gasteiger partial charge in [-0.15, -0.1) is 0 Å². The second-order valence-corrected chi connectivity index (χ2v) is 10.3. The Morgan fingerprint density at radius 1 is 0.947 bits per heavy atom. The van der Waals surface area contributed by atoms with Gasteiger partial charge in [-0.2, -0.15) is 0 Å². The number of rotatable bonds is 5. The summed E-state index contributed by atoms with van der Waals surface area (Å²) in [7, 11) is 0. The molecule has 0 atom stereocenters. The molecule has 6 nitrogen and oxygen atoms in total. The first kappa shape index (κ1) is 26.0. The van der Waals surface area contributed by atoms with Gasteiger partial charge >= 0.3 is 6.03 Å². The highest BCUT2D eigenvalue weighted by molar-refractivity contribution is 9.10. The first-order valence-electron chi connectivity index (χ1n) is 11.5. The summed E-state index contributed by atoms with van der Waals surface area (Å²) in [4.78, 5) is 39.2. The number of nitrogens with zero attached hydrogens (tertiary/aromatic N) is 1. The van der Waals surface area contributed by atoms with Gasteiger partial charge in [-0.3, -0.25) is 14.9 Å². The average Bonchev–Trinajstić information content (AvgIpc) is 2.88. The molecule has 4 aromatic carbocycles. The number of hydrogen-bond acceptors (Lipinski definition) is 4. The number of carbonyl (C=O) groups excluding carboxylic acids is 3. The maximum absolute atomic E-state index is 13.2. The Kier molecular flexibility index (Phi) is 7.25. The van der Waals surface area contributed by atoms with Crippen LogP contribution in [0.5, 0.6) is 5.75 Å². The van der Waals surface area contributed by atoms with Gasteiger partial charge in [-0.25, -0.2) is 9.69 Å². The molecular weight excluding hydrogens is 591 g/mol. The minimum atomic E-state index is -0.827. The first-order valence-corrected chi connectivity index (χ1v) is 13.0. The highest BCUT2D eigenvalue weighted by Gasteiger charge is 2.37. The Bertz CT molecular complexity index is 1640. The SMILES string of the molecule is Cc1cc(N2C(=O)NC(=O)/C(=C\c3cc(Cl)c(OCc4cccc5ccccc45)c(Cl)c3)C2=O)ccc1Br. The number of nitrogens with one attached hydrogen (secondary N) is 1. The predicted molar refractivity (Wildman–Crippen MR) is 153 cm³/mol. The maximum Gasteiger partial charge on any atom is 0.335 e. The van der Waals surface area contributed by atoms with Gasteiger partial charge in [0, 0.05) is 4.47 Å². The summed E-state index contributed by atoms with van der Waals surface area (Å²) < 4.78 is 6.80. The second kappa shape index (κ2) is 10.6. The van der Waals surface area contributed by atoms with Crippen LogP contribution in [-0.2, 0) is 16.2 Å². The average molecular weight is 610 g/mol. The Hall–Kier alpha value is -3.65. The molecule has 0 saturated carbocycles. The van der Waals surface area contributed by atoms with E-state index in [1.165, 1.54) is 6.08 Å². The number of carbonyl (C=O) groups is 3. The smallest absolute Gasteiger partial charge is 0.335 e. The van der Waals surface area contributed by atoms with Crippen LogP contribution in [0.4, 0.5) is 10.5 Å². The van der Waals surface area contributed by atoms with E-state index in [1.54, 1.807) is 30.3 Å². The van der Waals surface area contributed by atoms with Crippen molar-refractivity contribution in [1.29, 1.82) is 0 Å². The van der Waals surface area contributed by atoms with E-state index in [0.29, 0.717) is 11.3 Å². The van der Waals surface area contributed by atoms with E-state index in [0.717, 1.165) is 31.3 Å². The Morgan fingerprint density at radius 3 is 2.39 bits per heavy atom. The zero-order chi connectivity index (χ0) is 27.0. The molecule has 4 amide bonds. The molecule has 9 heteroatoms. The normalized spacial score (nSPS) is 14.8. The Balaban J connectivity index is 1.42. The molecule has 1 saturated heterocycles. The second-order valence-electron chi connectivity index (χ2n) is 8.63. The van der Waals surface area contributed by atoms with Crippen molar-refractivity contribution in [1.82, 2.24) is 5.32 Å². The van der Waals surface area contributed by atoms with Crippen LogP contribution in [-0.4, -0.2) is 17.8 Å². The van der Waals surface area contributed by atoms with Crippen LogP contribution in [0, 0.1) is 6.92 Å². The minimum Gasteiger partial charge on any atom is -0.486 e. The summed E-state index contributed by atoms with van der Waals surface area (Å²) >= 11 is 16.4. The molecule has 0 aromatic heterocycles. The van der Waals surface area contributed by atoms with E-state index in [1.807, 2.05) is 49.4 Å². The minimum absolute atomic E-state index is 0.213. The van der Waals surface area contributed by atoms with Gasteiger partial charge in [0.15, 0.2) is 5.75 Å². The van der Waals surface area contributed by atoms with Gasteiger partial charge in [0.25, 0.3) is 11.8 Å². The van der Waals surface area contributed by atoms with Crippen LogP contribution >= 0.6 is 39.1 Å². The molecule has 0 unspecified atom stereocenters. The van der Waals surface area contributed by atoms with Crippen LogP contribution in [0.3, 0.4) is 0 Å². The summed E-state index contributed by atoms with van der Waals surface area (Å²) in [5, 5.41) is 4.79. The van der Waals surface area contributed by atoms with Crippen LogP contribution in [0.2, 0.25) is 10.0 Å². The number of fused-ring (bicyclic) bond motifs is 1. The number of aryl methyl sites for hydroxylation is 1. The van der Waals surface area contributed by atoms with Crippen LogP contribution < -0.4 is 15.0 Å². The molecule has 0 radical (unpaired) electrons. The zero-order valence-corrected chi connectivity index (χ0v) is 23.0. The van der Waals surface area contributed by atoms with Gasteiger partial charge in [-0.1, -0.05) is 81.6 Å². The Morgan fingerprint density at radius 2 is 1.66 bits per heavy atom. The fraction of sp³-hybridized carbons (Fsp3) is 0.0690. The zero-order valence-electron chi connectivity index (χ0n) is 19.9. The lowest BCUT2D eigenvalue weighted by atomic mass is 10.1. The molecule has 1 aliphatic heterocycles. The van der Waals surface area contributed by atoms with Gasteiger partial charge in [0.1, 0.15) is 12.2 Å². The predicted octanol–water partition coefficient (Wildman–Crippen LogP) is 7.46. The van der Waals surface area contributed by atoms with Crippen molar-refractivity contribution in [2.45, 2.75) is 13.5 Å². The lowest BCUT2D eigenvalue weighted by Crippen LogP contribution is -2.54. The number of anilines is 1. The van der Waals surface area contributed by atoms with E-state index < -0.39 is 17.8 Å². The number of imide groups is 2. The van der Waals surface area contributed by atoms with Crippen molar-refractivity contribution >= 4 is 79.5 Å². The molecule has 4 aromatic rings. The summed E-state index contributed by atoms with van der Waals surface area (Å²) in [6.45, 7) is 2.07. The van der Waals surface area contributed by atoms with Crippen molar-refractivity contribution in [2.24, 2.45) is 0 Å². The lowest BCUT2D eigenvalue weighted by molar-refractivity contribution is -0.122. The topological polar surface area (TPSA) is 75.7 Å². The van der Waals surface area contributed by atoms with Crippen LogP contribution in [0.25, 0.3) is 16.8 Å². The quantitative estimate of drug-likeness (QED) is 0.188. The largest absolute Gasteiger partial charge is 0.486 e. The molecular formula is C29H19BrCl2N2O4. The molecule has 38 heavy (non-hydrogen) atoms. The lowest BCUT2D eigenvalue weighted by Gasteiger charge is -2.26. The number of urea groups is 1. The van der Waals surface area contributed by atoms with Gasteiger partial charge < -0.3 is 4.74 Å². The van der Waals surface area contributed by atoms with E-state index in [2.05, 4.69) is 21.2 Å². The number of amides is 4. The molecule has 1 aliphatic rings. The van der Waals surface area contributed by atoms with Gasteiger partial charge in [0.05, 0.1) is 15.7 Å². The van der Waals surface area contributed by atoms with E-state index in [-0.39, 0.29) is 28.0 Å². The van der Waals surface area contributed by atoms with Crippen LogP contribution in [0.1, 0.15) is 16.7 Å². The third-order valence-electron chi connectivity index (χ3n) is 6.08. The van der Waals surface area contributed by atoms with Gasteiger partial charge in [-0.05, 0) is 70.8 Å². The van der Waals surface area contributed by atoms with Crippen molar-refractivity contribution < 1.29 is 19.1 Å². The molecule has 5 rings (SSSR count). The molecule has 1 N–H and O–H groups in total. The van der Waals surface area contributed by atoms with Crippen molar-refractivity contribution in [2.75, 3.05) is 4.90 Å². The maximum atomic E-state index is 13.2. The van der Waals surface area contributed by atoms with Crippen molar-refractivity contribution in [3.63, 3.8) is 0 Å². The molecule has 1 fully saturated rings. The summed E-state index contributed by atoms with van der Waals surface area (Å²) in [5.41, 5.74) is 2.29. The van der Waals surface area contributed by atoms with Crippen molar-refractivity contribution in [3.8, 4) is 5.75 Å².